The van der Waals surface area contributed by atoms with Gasteiger partial charge in [0.2, 0.25) is 0 Å². The van der Waals surface area contributed by atoms with Crippen LogP contribution in [0.2, 0.25) is 0 Å². The molecule has 1 aliphatic rings. The molecule has 1 aromatic rings. The summed E-state index contributed by atoms with van der Waals surface area (Å²) >= 11 is 0. The van der Waals surface area contributed by atoms with E-state index in [0.29, 0.717) is 18.8 Å². The Bertz CT molecular complexity index is 489. The lowest BCUT2D eigenvalue weighted by atomic mass is 10.2. The molecule has 2 rings (SSSR count). The van der Waals surface area contributed by atoms with Crippen molar-refractivity contribution >= 4 is 21.6 Å². The maximum absolute atomic E-state index is 12.9. The highest BCUT2D eigenvalue weighted by molar-refractivity contribution is 7.91. The summed E-state index contributed by atoms with van der Waals surface area (Å²) in [5.74, 6) is -0.552. The van der Waals surface area contributed by atoms with E-state index in [0.717, 1.165) is 10.4 Å². The molecule has 0 bridgehead atoms. The second-order valence-electron chi connectivity index (χ2n) is 3.18. The molecule has 7 heteroatoms. The van der Waals surface area contributed by atoms with Crippen molar-refractivity contribution in [1.29, 1.82) is 0 Å². The Hall–Kier alpha value is -1.34. The number of halogens is 1. The summed E-state index contributed by atoms with van der Waals surface area (Å²) in [6.07, 6.45) is 0. The van der Waals surface area contributed by atoms with Gasteiger partial charge in [-0.2, -0.15) is 13.1 Å². The number of anilines is 2. The van der Waals surface area contributed by atoms with Crippen LogP contribution >= 0.6 is 0 Å². The Balaban J connectivity index is 2.42. The smallest absolute Gasteiger partial charge is 0.301 e. The van der Waals surface area contributed by atoms with Crippen LogP contribution in [0.4, 0.5) is 15.8 Å². The summed E-state index contributed by atoms with van der Waals surface area (Å²) in [4.78, 5) is 0. The predicted molar refractivity (Wildman–Crippen MR) is 55.1 cm³/mol. The fourth-order valence-electron chi connectivity index (χ4n) is 1.43. The van der Waals surface area contributed by atoms with Crippen LogP contribution in [0.15, 0.2) is 18.2 Å². The summed E-state index contributed by atoms with van der Waals surface area (Å²) in [6.45, 7) is 0.674. The average molecular weight is 231 g/mol. The van der Waals surface area contributed by atoms with Gasteiger partial charge in [-0.3, -0.25) is 4.31 Å². The molecule has 15 heavy (non-hydrogen) atoms. The van der Waals surface area contributed by atoms with E-state index < -0.39 is 16.0 Å². The highest BCUT2D eigenvalue weighted by Gasteiger charge is 2.28. The van der Waals surface area contributed by atoms with Crippen LogP contribution in [0.1, 0.15) is 0 Å². The van der Waals surface area contributed by atoms with Crippen molar-refractivity contribution in [2.45, 2.75) is 0 Å². The molecule has 1 aliphatic heterocycles. The molecule has 82 valence electrons. The zero-order valence-corrected chi connectivity index (χ0v) is 8.59. The molecule has 0 saturated carbocycles. The number of benzene rings is 1. The van der Waals surface area contributed by atoms with Crippen LogP contribution in [0, 0.1) is 5.82 Å². The van der Waals surface area contributed by atoms with Crippen molar-refractivity contribution in [3.05, 3.63) is 24.0 Å². The van der Waals surface area contributed by atoms with Gasteiger partial charge in [0.15, 0.2) is 0 Å². The van der Waals surface area contributed by atoms with Crippen molar-refractivity contribution in [3.8, 4) is 0 Å². The number of nitrogens with zero attached hydrogens (tertiary/aromatic N) is 1. The molecule has 5 nitrogen and oxygen atoms in total. The SMILES string of the molecule is Nc1cc(N2CCNS2(=O)=O)ccc1F. The molecular formula is C8H10FN3O2S. The first-order valence-corrected chi connectivity index (χ1v) is 5.77. The van der Waals surface area contributed by atoms with E-state index >= 15 is 0 Å². The third-order valence-corrected chi connectivity index (χ3v) is 3.70. The lowest BCUT2D eigenvalue weighted by Crippen LogP contribution is -2.29. The second-order valence-corrected chi connectivity index (χ2v) is 4.86. The van der Waals surface area contributed by atoms with Crippen molar-refractivity contribution in [3.63, 3.8) is 0 Å². The maximum Gasteiger partial charge on any atom is 0.301 e. The first-order valence-electron chi connectivity index (χ1n) is 4.33. The average Bonchev–Trinajstić information content (AvgIpc) is 2.50. The standard InChI is InChI=1S/C8H10FN3O2S/c9-7-2-1-6(5-8(7)10)12-4-3-11-15(12,13)14/h1-2,5,11H,3-4,10H2. The highest BCUT2D eigenvalue weighted by atomic mass is 32.2. The van der Waals surface area contributed by atoms with Gasteiger partial charge in [-0.1, -0.05) is 0 Å². The summed E-state index contributed by atoms with van der Waals surface area (Å²) in [5.41, 5.74) is 5.67. The van der Waals surface area contributed by atoms with E-state index in [4.69, 9.17) is 5.73 Å². The van der Waals surface area contributed by atoms with Crippen molar-refractivity contribution < 1.29 is 12.8 Å². The fraction of sp³-hybridized carbons (Fsp3) is 0.250. The van der Waals surface area contributed by atoms with Gasteiger partial charge in [-0.05, 0) is 18.2 Å². The molecule has 1 saturated heterocycles. The molecule has 3 N–H and O–H groups in total. The summed E-state index contributed by atoms with van der Waals surface area (Å²) in [7, 11) is -3.46. The van der Waals surface area contributed by atoms with E-state index in [1.54, 1.807) is 0 Å². The fourth-order valence-corrected chi connectivity index (χ4v) is 2.66. The first kappa shape index (κ1) is 10.2. The van der Waals surface area contributed by atoms with E-state index in [9.17, 15) is 12.8 Å². The number of nitrogens with one attached hydrogen (secondary N) is 1. The van der Waals surface area contributed by atoms with Crippen LogP contribution in [0.25, 0.3) is 0 Å². The third kappa shape index (κ3) is 1.75. The minimum absolute atomic E-state index is 0.0606. The molecule has 1 heterocycles. The Morgan fingerprint density at radius 2 is 2.20 bits per heavy atom. The van der Waals surface area contributed by atoms with Crippen LogP contribution in [0.3, 0.4) is 0 Å². The molecule has 1 fully saturated rings. The van der Waals surface area contributed by atoms with Gasteiger partial charge in [-0.15, -0.1) is 0 Å². The van der Waals surface area contributed by atoms with E-state index in [2.05, 4.69) is 4.72 Å². The number of nitrogen functional groups attached to an aromatic ring is 1. The number of hydrogen-bond acceptors (Lipinski definition) is 3. The molecule has 0 aliphatic carbocycles. The van der Waals surface area contributed by atoms with E-state index in [1.165, 1.54) is 12.1 Å². The summed E-state index contributed by atoms with van der Waals surface area (Å²) in [6, 6.07) is 3.84. The summed E-state index contributed by atoms with van der Waals surface area (Å²) < 4.78 is 39.2. The lowest BCUT2D eigenvalue weighted by molar-refractivity contribution is 0.591. The zero-order valence-electron chi connectivity index (χ0n) is 7.77. The topological polar surface area (TPSA) is 75.4 Å². The van der Waals surface area contributed by atoms with E-state index in [-0.39, 0.29) is 5.69 Å². The van der Waals surface area contributed by atoms with Crippen LogP contribution < -0.4 is 14.8 Å². The van der Waals surface area contributed by atoms with Gasteiger partial charge in [0, 0.05) is 13.1 Å². The maximum atomic E-state index is 12.9. The molecule has 0 spiro atoms. The number of nitrogens with two attached hydrogens (primary N) is 1. The Morgan fingerprint density at radius 3 is 2.73 bits per heavy atom. The van der Waals surface area contributed by atoms with Gasteiger partial charge in [0.05, 0.1) is 11.4 Å². The monoisotopic (exact) mass is 231 g/mol. The van der Waals surface area contributed by atoms with Gasteiger partial charge in [0.25, 0.3) is 0 Å². The third-order valence-electron chi connectivity index (χ3n) is 2.16. The molecule has 0 aromatic heterocycles. The molecular weight excluding hydrogens is 221 g/mol. The predicted octanol–water partition coefficient (Wildman–Crippen LogP) is 0.0623. The first-order chi connectivity index (χ1) is 7.00. The van der Waals surface area contributed by atoms with Gasteiger partial charge < -0.3 is 5.73 Å². The minimum atomic E-state index is -3.46. The summed E-state index contributed by atoms with van der Waals surface area (Å²) in [5, 5.41) is 0. The van der Waals surface area contributed by atoms with E-state index in [1.807, 2.05) is 0 Å². The quantitative estimate of drug-likeness (QED) is 0.671. The Kier molecular flexibility index (Phi) is 2.28. The van der Waals surface area contributed by atoms with Crippen LogP contribution in [0.5, 0.6) is 0 Å². The van der Waals surface area contributed by atoms with Crippen molar-refractivity contribution in [2.75, 3.05) is 23.1 Å². The largest absolute Gasteiger partial charge is 0.396 e. The second kappa shape index (κ2) is 3.35. The molecule has 0 atom stereocenters. The van der Waals surface area contributed by atoms with Gasteiger partial charge >= 0.3 is 10.2 Å². The lowest BCUT2D eigenvalue weighted by Gasteiger charge is -2.16. The Labute approximate surface area is 86.9 Å². The van der Waals surface area contributed by atoms with Crippen molar-refractivity contribution in [2.24, 2.45) is 0 Å². The molecule has 0 amide bonds. The van der Waals surface area contributed by atoms with Gasteiger partial charge in [0.1, 0.15) is 5.82 Å². The number of rotatable bonds is 1. The van der Waals surface area contributed by atoms with Crippen molar-refractivity contribution in [1.82, 2.24) is 4.72 Å². The van der Waals surface area contributed by atoms with Gasteiger partial charge in [-0.25, -0.2) is 4.39 Å². The minimum Gasteiger partial charge on any atom is -0.396 e. The normalized spacial score (nSPS) is 19.4. The highest BCUT2D eigenvalue weighted by Crippen LogP contribution is 2.23. The Morgan fingerprint density at radius 1 is 1.47 bits per heavy atom. The molecule has 0 radical (unpaired) electrons. The molecule has 1 aromatic carbocycles. The number of hydrogen-bond donors (Lipinski definition) is 2. The molecule has 0 unspecified atom stereocenters. The van der Waals surface area contributed by atoms with Crippen LogP contribution in [-0.4, -0.2) is 21.5 Å². The van der Waals surface area contributed by atoms with Crippen LogP contribution in [-0.2, 0) is 10.2 Å². The zero-order chi connectivity index (χ0) is 11.1.